The minimum atomic E-state index is 0.0821. The fraction of sp³-hybridized carbons (Fsp3) is 0.105. The molecule has 2 heterocycles. The number of methoxy groups -OCH3 is 1. The zero-order valence-corrected chi connectivity index (χ0v) is 14.5. The lowest BCUT2D eigenvalue weighted by molar-refractivity contribution is 0.400. The summed E-state index contributed by atoms with van der Waals surface area (Å²) in [5.41, 5.74) is 16.3. The van der Waals surface area contributed by atoms with Gasteiger partial charge in [0.05, 0.1) is 18.1 Å². The van der Waals surface area contributed by atoms with E-state index in [-0.39, 0.29) is 11.8 Å². The third-order valence-corrected chi connectivity index (χ3v) is 4.18. The average molecular weight is 346 g/mol. The molecule has 0 amide bonds. The minimum Gasteiger partial charge on any atom is -0.479 e. The highest BCUT2D eigenvalue weighted by Crippen LogP contribution is 2.33. The minimum absolute atomic E-state index is 0.0821. The number of para-hydroxylation sites is 2. The highest BCUT2D eigenvalue weighted by atomic mass is 16.5. The van der Waals surface area contributed by atoms with Crippen molar-refractivity contribution in [3.63, 3.8) is 0 Å². The first-order chi connectivity index (χ1) is 12.6. The van der Waals surface area contributed by atoms with Crippen molar-refractivity contribution in [3.8, 4) is 23.1 Å². The number of hydrogen-bond acceptors (Lipinski definition) is 6. The number of nitrogens with zero attached hydrogens (tertiary/aromatic N) is 4. The molecule has 0 aliphatic carbocycles. The highest BCUT2D eigenvalue weighted by molar-refractivity contribution is 5.84. The van der Waals surface area contributed by atoms with E-state index in [1.807, 2.05) is 60.0 Å². The van der Waals surface area contributed by atoms with E-state index in [0.717, 1.165) is 22.4 Å². The quantitative estimate of drug-likeness (QED) is 0.591. The Hall–Kier alpha value is -3.61. The van der Waals surface area contributed by atoms with E-state index in [9.17, 15) is 0 Å². The number of benzene rings is 2. The van der Waals surface area contributed by atoms with Crippen molar-refractivity contribution in [2.75, 3.05) is 18.6 Å². The van der Waals surface area contributed by atoms with E-state index in [4.69, 9.17) is 21.2 Å². The molecule has 4 N–H and O–H groups in total. The number of aryl methyl sites for hydroxylation is 1. The number of anilines is 2. The van der Waals surface area contributed by atoms with Crippen LogP contribution in [-0.2, 0) is 0 Å². The van der Waals surface area contributed by atoms with Crippen molar-refractivity contribution >= 4 is 22.7 Å². The van der Waals surface area contributed by atoms with Gasteiger partial charge in [-0.15, -0.1) is 0 Å². The van der Waals surface area contributed by atoms with Crippen LogP contribution in [0, 0.1) is 6.92 Å². The Bertz CT molecular complexity index is 1100. The van der Waals surface area contributed by atoms with Gasteiger partial charge in [0, 0.05) is 5.56 Å². The molecule has 26 heavy (non-hydrogen) atoms. The van der Waals surface area contributed by atoms with Crippen LogP contribution < -0.4 is 16.2 Å². The number of imidazole rings is 1. The number of hydrogen-bond donors (Lipinski definition) is 2. The zero-order chi connectivity index (χ0) is 18.3. The fourth-order valence-electron chi connectivity index (χ4n) is 2.92. The summed E-state index contributed by atoms with van der Waals surface area (Å²) in [5.74, 6) is 1.48. The molecule has 4 aromatic rings. The van der Waals surface area contributed by atoms with Gasteiger partial charge in [0.15, 0.2) is 5.82 Å². The Morgan fingerprint density at radius 3 is 2.38 bits per heavy atom. The Labute approximate surface area is 150 Å². The van der Waals surface area contributed by atoms with Crippen LogP contribution in [0.2, 0.25) is 0 Å². The van der Waals surface area contributed by atoms with Crippen molar-refractivity contribution < 1.29 is 4.74 Å². The molecule has 0 saturated heterocycles. The molecule has 0 fully saturated rings. The van der Waals surface area contributed by atoms with Gasteiger partial charge in [-0.25, -0.2) is 4.98 Å². The summed E-state index contributed by atoms with van der Waals surface area (Å²) >= 11 is 0. The van der Waals surface area contributed by atoms with Crippen molar-refractivity contribution in [2.24, 2.45) is 0 Å². The number of nitrogens with two attached hydrogens (primary N) is 2. The van der Waals surface area contributed by atoms with E-state index in [1.165, 1.54) is 12.7 Å². The van der Waals surface area contributed by atoms with Gasteiger partial charge in [-0.3, -0.25) is 4.57 Å². The molecule has 7 nitrogen and oxygen atoms in total. The maximum atomic E-state index is 6.26. The lowest BCUT2D eigenvalue weighted by Gasteiger charge is -2.13. The van der Waals surface area contributed by atoms with E-state index in [0.29, 0.717) is 11.5 Å². The van der Waals surface area contributed by atoms with Crippen LogP contribution in [0.1, 0.15) is 5.56 Å². The van der Waals surface area contributed by atoms with Crippen molar-refractivity contribution in [1.82, 2.24) is 19.5 Å². The maximum absolute atomic E-state index is 6.26. The number of rotatable bonds is 3. The molecule has 2 aromatic heterocycles. The number of fused-ring (bicyclic) bond motifs is 1. The summed E-state index contributed by atoms with van der Waals surface area (Å²) < 4.78 is 7.13. The van der Waals surface area contributed by atoms with Gasteiger partial charge < -0.3 is 16.2 Å². The van der Waals surface area contributed by atoms with Crippen LogP contribution in [0.25, 0.3) is 28.2 Å². The van der Waals surface area contributed by atoms with Gasteiger partial charge in [0.2, 0.25) is 11.8 Å². The zero-order valence-electron chi connectivity index (χ0n) is 14.5. The number of ether oxygens (including phenoxy) is 1. The first-order valence-electron chi connectivity index (χ1n) is 8.10. The monoisotopic (exact) mass is 346 g/mol. The van der Waals surface area contributed by atoms with E-state index < -0.39 is 0 Å². The van der Waals surface area contributed by atoms with Crippen LogP contribution in [0.5, 0.6) is 5.88 Å². The van der Waals surface area contributed by atoms with Crippen LogP contribution in [0.15, 0.2) is 48.5 Å². The predicted molar refractivity (Wildman–Crippen MR) is 102 cm³/mol. The summed E-state index contributed by atoms with van der Waals surface area (Å²) in [4.78, 5) is 13.2. The van der Waals surface area contributed by atoms with Gasteiger partial charge in [-0.2, -0.15) is 9.97 Å². The topological polar surface area (TPSA) is 105 Å². The summed E-state index contributed by atoms with van der Waals surface area (Å²) in [6.45, 7) is 2.04. The Morgan fingerprint density at radius 1 is 0.923 bits per heavy atom. The van der Waals surface area contributed by atoms with Gasteiger partial charge in [0.25, 0.3) is 0 Å². The lowest BCUT2D eigenvalue weighted by atomic mass is 10.1. The highest BCUT2D eigenvalue weighted by Gasteiger charge is 2.20. The Morgan fingerprint density at radius 2 is 1.65 bits per heavy atom. The standard InChI is InChI=1S/C19H18N6O/c1-11-7-9-12(10-8-11)16-22-13-5-3-4-6-14(13)25(16)17-15(20)18(26-2)24-19(21)23-17/h3-10H,20H2,1-2H3,(H2,21,23,24). The van der Waals surface area contributed by atoms with Crippen LogP contribution in [0.4, 0.5) is 11.6 Å². The number of aromatic nitrogens is 4. The molecular formula is C19H18N6O. The SMILES string of the molecule is COc1nc(N)nc(-n2c(-c3ccc(C)cc3)nc3ccccc32)c1N. The van der Waals surface area contributed by atoms with Gasteiger partial charge in [-0.1, -0.05) is 42.0 Å². The summed E-state index contributed by atoms with van der Waals surface area (Å²) in [6.07, 6.45) is 0. The van der Waals surface area contributed by atoms with Gasteiger partial charge >= 0.3 is 0 Å². The first kappa shape index (κ1) is 15.9. The molecule has 0 atom stereocenters. The molecule has 0 aliphatic heterocycles. The molecule has 0 aliphatic rings. The molecule has 0 unspecified atom stereocenters. The lowest BCUT2D eigenvalue weighted by Crippen LogP contribution is -2.10. The average Bonchev–Trinajstić information content (AvgIpc) is 3.03. The van der Waals surface area contributed by atoms with Crippen molar-refractivity contribution in [1.29, 1.82) is 0 Å². The summed E-state index contributed by atoms with van der Waals surface area (Å²) in [7, 11) is 1.49. The summed E-state index contributed by atoms with van der Waals surface area (Å²) in [6, 6.07) is 15.9. The second kappa shape index (κ2) is 6.03. The molecule has 4 rings (SSSR count). The molecule has 0 bridgehead atoms. The Balaban J connectivity index is 2.08. The molecule has 7 heteroatoms. The number of nitrogen functional groups attached to an aromatic ring is 2. The maximum Gasteiger partial charge on any atom is 0.244 e. The molecule has 0 spiro atoms. The predicted octanol–water partition coefficient (Wildman–Crippen LogP) is 2.96. The van der Waals surface area contributed by atoms with Crippen LogP contribution in [0.3, 0.4) is 0 Å². The van der Waals surface area contributed by atoms with Crippen LogP contribution in [-0.4, -0.2) is 26.6 Å². The normalized spacial score (nSPS) is 11.0. The molecular weight excluding hydrogens is 328 g/mol. The molecule has 0 radical (unpaired) electrons. The first-order valence-corrected chi connectivity index (χ1v) is 8.10. The van der Waals surface area contributed by atoms with Gasteiger partial charge in [-0.05, 0) is 19.1 Å². The fourth-order valence-corrected chi connectivity index (χ4v) is 2.92. The van der Waals surface area contributed by atoms with E-state index >= 15 is 0 Å². The second-order valence-electron chi connectivity index (χ2n) is 5.95. The third-order valence-electron chi connectivity index (χ3n) is 4.18. The van der Waals surface area contributed by atoms with Crippen molar-refractivity contribution in [2.45, 2.75) is 6.92 Å². The largest absolute Gasteiger partial charge is 0.479 e. The third kappa shape index (κ3) is 2.50. The molecule has 130 valence electrons. The van der Waals surface area contributed by atoms with E-state index in [2.05, 4.69) is 9.97 Å². The van der Waals surface area contributed by atoms with E-state index in [1.54, 1.807) is 0 Å². The molecule has 2 aromatic carbocycles. The smallest absolute Gasteiger partial charge is 0.244 e. The molecule has 0 saturated carbocycles. The second-order valence-corrected chi connectivity index (χ2v) is 5.95. The van der Waals surface area contributed by atoms with Crippen LogP contribution >= 0.6 is 0 Å². The van der Waals surface area contributed by atoms with Crippen molar-refractivity contribution in [3.05, 3.63) is 54.1 Å². The summed E-state index contributed by atoms with van der Waals surface area (Å²) in [5, 5.41) is 0. The Kier molecular flexibility index (Phi) is 3.69. The van der Waals surface area contributed by atoms with Gasteiger partial charge in [0.1, 0.15) is 11.5 Å².